The fourth-order valence-electron chi connectivity index (χ4n) is 1.87. The van der Waals surface area contributed by atoms with Gasteiger partial charge in [-0.15, -0.1) is 0 Å². The van der Waals surface area contributed by atoms with E-state index in [1.54, 1.807) is 24.3 Å². The summed E-state index contributed by atoms with van der Waals surface area (Å²) in [6.45, 7) is 0. The molecule has 0 unspecified atom stereocenters. The smallest absolute Gasteiger partial charge is 0.255 e. The second-order valence-electron chi connectivity index (χ2n) is 4.53. The van der Waals surface area contributed by atoms with Gasteiger partial charge in [0, 0.05) is 10.6 Å². The molecule has 0 atom stereocenters. The Morgan fingerprint density at radius 1 is 1.13 bits per heavy atom. The van der Waals surface area contributed by atoms with Crippen molar-refractivity contribution >= 4 is 33.2 Å². The number of methoxy groups -OCH3 is 1. The summed E-state index contributed by atoms with van der Waals surface area (Å²) < 4.78 is 31.1. The van der Waals surface area contributed by atoms with Crippen molar-refractivity contribution in [3.63, 3.8) is 0 Å². The lowest BCUT2D eigenvalue weighted by Crippen LogP contribution is -2.19. The highest BCUT2D eigenvalue weighted by atomic mass is 35.5. The molecule has 0 aliphatic rings. The minimum absolute atomic E-state index is 0.0206. The SMILES string of the molecule is CNS(=O)(=O)c1ccc(OC)c(NC(=O)c2ccc(Cl)cc2)c1. The van der Waals surface area contributed by atoms with Crippen molar-refractivity contribution in [1.82, 2.24) is 4.72 Å². The van der Waals surface area contributed by atoms with Crippen LogP contribution in [0.4, 0.5) is 5.69 Å². The van der Waals surface area contributed by atoms with Crippen molar-refractivity contribution in [2.75, 3.05) is 19.5 Å². The third-order valence-electron chi connectivity index (χ3n) is 3.10. The molecule has 0 heterocycles. The minimum atomic E-state index is -3.63. The zero-order valence-electron chi connectivity index (χ0n) is 12.5. The number of halogens is 1. The Balaban J connectivity index is 2.36. The van der Waals surface area contributed by atoms with Crippen molar-refractivity contribution in [3.05, 3.63) is 53.1 Å². The number of carbonyl (C=O) groups excluding carboxylic acids is 1. The molecule has 0 aliphatic heterocycles. The van der Waals surface area contributed by atoms with E-state index in [-0.39, 0.29) is 10.6 Å². The maximum Gasteiger partial charge on any atom is 0.255 e. The van der Waals surface area contributed by atoms with Crippen molar-refractivity contribution in [2.24, 2.45) is 0 Å². The van der Waals surface area contributed by atoms with Crippen molar-refractivity contribution < 1.29 is 17.9 Å². The van der Waals surface area contributed by atoms with E-state index in [9.17, 15) is 13.2 Å². The summed E-state index contributed by atoms with van der Waals surface area (Å²) in [5.74, 6) is -0.0543. The molecule has 0 aromatic heterocycles. The Bertz CT molecular complexity index is 820. The first kappa shape index (κ1) is 17.3. The highest BCUT2D eigenvalue weighted by Gasteiger charge is 2.16. The van der Waals surface area contributed by atoms with Gasteiger partial charge in [-0.25, -0.2) is 13.1 Å². The van der Waals surface area contributed by atoms with Gasteiger partial charge in [0.05, 0.1) is 17.7 Å². The van der Waals surface area contributed by atoms with E-state index in [1.807, 2.05) is 0 Å². The number of ether oxygens (including phenoxy) is 1. The first-order valence-corrected chi connectivity index (χ1v) is 8.42. The first-order valence-electron chi connectivity index (χ1n) is 6.56. The van der Waals surface area contributed by atoms with Crippen molar-refractivity contribution in [1.29, 1.82) is 0 Å². The molecule has 0 spiro atoms. The molecule has 2 rings (SSSR count). The Morgan fingerprint density at radius 2 is 1.78 bits per heavy atom. The number of hydrogen-bond acceptors (Lipinski definition) is 4. The molecule has 122 valence electrons. The van der Waals surface area contributed by atoms with Crippen LogP contribution in [0.25, 0.3) is 0 Å². The summed E-state index contributed by atoms with van der Waals surface area (Å²) in [5, 5.41) is 3.15. The van der Waals surface area contributed by atoms with Gasteiger partial charge < -0.3 is 10.1 Å². The molecule has 0 radical (unpaired) electrons. The predicted molar refractivity (Wildman–Crippen MR) is 88.6 cm³/mol. The number of rotatable bonds is 5. The fourth-order valence-corrected chi connectivity index (χ4v) is 2.75. The Hall–Kier alpha value is -2.09. The van der Waals surface area contributed by atoms with E-state index < -0.39 is 15.9 Å². The topological polar surface area (TPSA) is 84.5 Å². The lowest BCUT2D eigenvalue weighted by atomic mass is 10.2. The van der Waals surface area contributed by atoms with Crippen LogP contribution >= 0.6 is 11.6 Å². The van der Waals surface area contributed by atoms with Gasteiger partial charge in [-0.1, -0.05) is 11.6 Å². The van der Waals surface area contributed by atoms with Gasteiger partial charge in [0.1, 0.15) is 5.75 Å². The quantitative estimate of drug-likeness (QED) is 0.864. The number of amides is 1. The number of hydrogen-bond donors (Lipinski definition) is 2. The van der Waals surface area contributed by atoms with Gasteiger partial charge in [0.15, 0.2) is 0 Å². The molecule has 8 heteroatoms. The van der Waals surface area contributed by atoms with Crippen LogP contribution in [0, 0.1) is 0 Å². The summed E-state index contributed by atoms with van der Waals surface area (Å²) in [7, 11) is -0.885. The summed E-state index contributed by atoms with van der Waals surface area (Å²) in [6, 6.07) is 10.5. The molecule has 23 heavy (non-hydrogen) atoms. The second kappa shape index (κ2) is 6.99. The summed E-state index contributed by atoms with van der Waals surface area (Å²) >= 11 is 5.79. The van der Waals surface area contributed by atoms with Gasteiger partial charge in [0.2, 0.25) is 10.0 Å². The van der Waals surface area contributed by atoms with Gasteiger partial charge in [-0.3, -0.25) is 4.79 Å². The van der Waals surface area contributed by atoms with Crippen LogP contribution in [-0.4, -0.2) is 28.5 Å². The maximum atomic E-state index is 12.2. The highest BCUT2D eigenvalue weighted by Crippen LogP contribution is 2.28. The van der Waals surface area contributed by atoms with E-state index in [4.69, 9.17) is 16.3 Å². The largest absolute Gasteiger partial charge is 0.495 e. The molecule has 0 aliphatic carbocycles. The number of nitrogens with one attached hydrogen (secondary N) is 2. The molecule has 1 amide bonds. The maximum absolute atomic E-state index is 12.2. The molecule has 6 nitrogen and oxygen atoms in total. The predicted octanol–water partition coefficient (Wildman–Crippen LogP) is 2.51. The molecule has 0 saturated carbocycles. The molecule has 0 bridgehead atoms. The fraction of sp³-hybridized carbons (Fsp3) is 0.133. The third-order valence-corrected chi connectivity index (χ3v) is 4.77. The Morgan fingerprint density at radius 3 is 2.35 bits per heavy atom. The van der Waals surface area contributed by atoms with Crippen LogP contribution < -0.4 is 14.8 Å². The van der Waals surface area contributed by atoms with E-state index in [0.717, 1.165) is 0 Å². The highest BCUT2D eigenvalue weighted by molar-refractivity contribution is 7.89. The normalized spacial score (nSPS) is 11.1. The molecule has 0 fully saturated rings. The van der Waals surface area contributed by atoms with E-state index in [2.05, 4.69) is 10.0 Å². The van der Waals surface area contributed by atoms with Crippen LogP contribution in [0.2, 0.25) is 5.02 Å². The average molecular weight is 355 g/mol. The number of sulfonamides is 1. The van der Waals surface area contributed by atoms with E-state index in [0.29, 0.717) is 16.3 Å². The van der Waals surface area contributed by atoms with Crippen LogP contribution in [0.5, 0.6) is 5.75 Å². The zero-order chi connectivity index (χ0) is 17.0. The first-order chi connectivity index (χ1) is 10.9. The van der Waals surface area contributed by atoms with Gasteiger partial charge >= 0.3 is 0 Å². The summed E-state index contributed by atoms with van der Waals surface area (Å²) in [6.07, 6.45) is 0. The van der Waals surface area contributed by atoms with Gasteiger partial charge in [-0.2, -0.15) is 0 Å². The zero-order valence-corrected chi connectivity index (χ0v) is 14.0. The van der Waals surface area contributed by atoms with E-state index in [1.165, 1.54) is 32.4 Å². The van der Waals surface area contributed by atoms with Crippen LogP contribution in [0.15, 0.2) is 47.4 Å². The van der Waals surface area contributed by atoms with Crippen molar-refractivity contribution in [3.8, 4) is 5.75 Å². The van der Waals surface area contributed by atoms with Gasteiger partial charge in [-0.05, 0) is 49.5 Å². The summed E-state index contributed by atoms with van der Waals surface area (Å²) in [4.78, 5) is 12.3. The van der Waals surface area contributed by atoms with E-state index >= 15 is 0 Å². The molecule has 0 saturated heterocycles. The van der Waals surface area contributed by atoms with Crippen LogP contribution in [-0.2, 0) is 10.0 Å². The van der Waals surface area contributed by atoms with Gasteiger partial charge in [0.25, 0.3) is 5.91 Å². The second-order valence-corrected chi connectivity index (χ2v) is 6.85. The van der Waals surface area contributed by atoms with Crippen molar-refractivity contribution in [2.45, 2.75) is 4.90 Å². The third kappa shape index (κ3) is 4.01. The Kier molecular flexibility index (Phi) is 5.25. The van der Waals surface area contributed by atoms with Crippen LogP contribution in [0.3, 0.4) is 0 Å². The standard InChI is InChI=1S/C15H15ClN2O4S/c1-17-23(20,21)12-7-8-14(22-2)13(9-12)18-15(19)10-3-5-11(16)6-4-10/h3-9,17H,1-2H3,(H,18,19). The molecule has 2 aromatic rings. The monoisotopic (exact) mass is 354 g/mol. The Labute approximate surface area is 139 Å². The lowest BCUT2D eigenvalue weighted by molar-refractivity contribution is 0.102. The molecule has 2 aromatic carbocycles. The molecule has 2 N–H and O–H groups in total. The summed E-state index contributed by atoms with van der Waals surface area (Å²) in [5.41, 5.74) is 0.641. The number of anilines is 1. The molecular formula is C15H15ClN2O4S. The number of benzene rings is 2. The minimum Gasteiger partial charge on any atom is -0.495 e. The average Bonchev–Trinajstić information content (AvgIpc) is 2.55. The molecular weight excluding hydrogens is 340 g/mol. The lowest BCUT2D eigenvalue weighted by Gasteiger charge is -2.12. The number of carbonyl (C=O) groups is 1. The van der Waals surface area contributed by atoms with Crippen LogP contribution in [0.1, 0.15) is 10.4 Å².